The lowest BCUT2D eigenvalue weighted by molar-refractivity contribution is 0.0695. The highest BCUT2D eigenvalue weighted by atomic mass is 16.2. The van der Waals surface area contributed by atoms with Crippen molar-refractivity contribution in [1.29, 1.82) is 0 Å². The molecule has 0 atom stereocenters. The summed E-state index contributed by atoms with van der Waals surface area (Å²) >= 11 is 0. The van der Waals surface area contributed by atoms with Crippen LogP contribution in [0.25, 0.3) is 22.6 Å². The van der Waals surface area contributed by atoms with E-state index < -0.39 is 0 Å². The summed E-state index contributed by atoms with van der Waals surface area (Å²) in [4.78, 5) is 25.9. The Bertz CT molecular complexity index is 1110. The monoisotopic (exact) mass is 347 g/mol. The highest BCUT2D eigenvalue weighted by molar-refractivity contribution is 5.90. The van der Waals surface area contributed by atoms with Crippen LogP contribution in [-0.4, -0.2) is 46.7 Å². The smallest absolute Gasteiger partial charge is 0.290 e. The minimum absolute atomic E-state index is 0.0910. The van der Waals surface area contributed by atoms with E-state index in [9.17, 15) is 4.79 Å². The van der Waals surface area contributed by atoms with E-state index in [1.165, 1.54) is 0 Å². The second kappa shape index (κ2) is 5.55. The van der Waals surface area contributed by atoms with E-state index >= 15 is 0 Å². The van der Waals surface area contributed by atoms with Gasteiger partial charge in [-0.05, 0) is 18.2 Å². The number of aromatic amines is 1. The average Bonchev–Trinajstić information content (AvgIpc) is 3.39. The number of para-hydroxylation sites is 2. The standard InChI is InChI=1S/C18H17N7O/c1-23-15-5-3-2-4-13(15)21-17(23)14-10-12-11-24(8-9-25(12)22-14)18(26)16-19-6-7-20-16/h2-7,10H,8-9,11H2,1H3,(H,19,20). The first kappa shape index (κ1) is 14.9. The molecule has 0 radical (unpaired) electrons. The van der Waals surface area contributed by atoms with Crippen LogP contribution in [0.4, 0.5) is 0 Å². The Hall–Kier alpha value is -3.42. The second-order valence-electron chi connectivity index (χ2n) is 6.39. The molecule has 8 heteroatoms. The third-order valence-corrected chi connectivity index (χ3v) is 4.80. The van der Waals surface area contributed by atoms with Gasteiger partial charge in [-0.15, -0.1) is 0 Å². The van der Waals surface area contributed by atoms with Crippen LogP contribution in [0.1, 0.15) is 16.3 Å². The van der Waals surface area contributed by atoms with Crippen LogP contribution in [0.2, 0.25) is 0 Å². The summed E-state index contributed by atoms with van der Waals surface area (Å²) in [5, 5.41) is 4.71. The van der Waals surface area contributed by atoms with Crippen molar-refractivity contribution in [3.63, 3.8) is 0 Å². The molecule has 3 aromatic heterocycles. The maximum absolute atomic E-state index is 12.5. The molecular formula is C18H17N7O. The van der Waals surface area contributed by atoms with Crippen LogP contribution in [0.5, 0.6) is 0 Å². The van der Waals surface area contributed by atoms with Gasteiger partial charge >= 0.3 is 0 Å². The Morgan fingerprint density at radius 1 is 1.23 bits per heavy atom. The maximum Gasteiger partial charge on any atom is 0.290 e. The molecule has 0 aliphatic carbocycles. The van der Waals surface area contributed by atoms with Gasteiger partial charge in [-0.1, -0.05) is 12.1 Å². The molecule has 1 aromatic carbocycles. The number of benzene rings is 1. The molecule has 8 nitrogen and oxygen atoms in total. The molecule has 1 aliphatic rings. The lowest BCUT2D eigenvalue weighted by atomic mass is 10.2. The minimum atomic E-state index is -0.0910. The zero-order valence-electron chi connectivity index (χ0n) is 14.3. The molecule has 4 heterocycles. The van der Waals surface area contributed by atoms with Crippen LogP contribution in [0, 0.1) is 0 Å². The van der Waals surface area contributed by atoms with Crippen molar-refractivity contribution in [3.05, 3.63) is 54.2 Å². The third kappa shape index (κ3) is 2.22. The van der Waals surface area contributed by atoms with Crippen molar-refractivity contribution >= 4 is 16.9 Å². The molecule has 0 fully saturated rings. The van der Waals surface area contributed by atoms with Gasteiger partial charge in [-0.25, -0.2) is 9.97 Å². The molecular weight excluding hydrogens is 330 g/mol. The van der Waals surface area contributed by atoms with Crippen molar-refractivity contribution < 1.29 is 4.79 Å². The molecule has 0 saturated carbocycles. The first-order valence-electron chi connectivity index (χ1n) is 8.48. The van der Waals surface area contributed by atoms with E-state index in [4.69, 9.17) is 10.1 Å². The summed E-state index contributed by atoms with van der Waals surface area (Å²) in [5.41, 5.74) is 3.85. The van der Waals surface area contributed by atoms with Crippen LogP contribution >= 0.6 is 0 Å². The quantitative estimate of drug-likeness (QED) is 0.599. The third-order valence-electron chi connectivity index (χ3n) is 4.80. The number of aromatic nitrogens is 6. The Morgan fingerprint density at radius 3 is 2.92 bits per heavy atom. The van der Waals surface area contributed by atoms with Crippen LogP contribution in [0.3, 0.4) is 0 Å². The van der Waals surface area contributed by atoms with Gasteiger partial charge in [-0.3, -0.25) is 9.48 Å². The van der Waals surface area contributed by atoms with Gasteiger partial charge in [0.2, 0.25) is 0 Å². The molecule has 1 aliphatic heterocycles. The van der Waals surface area contributed by atoms with E-state index in [2.05, 4.69) is 14.5 Å². The van der Waals surface area contributed by atoms with Gasteiger partial charge in [0, 0.05) is 26.0 Å². The molecule has 1 N–H and O–H groups in total. The lowest BCUT2D eigenvalue weighted by Crippen LogP contribution is -2.38. The molecule has 130 valence electrons. The Morgan fingerprint density at radius 2 is 2.12 bits per heavy atom. The number of hydrogen-bond donors (Lipinski definition) is 1. The number of carbonyl (C=O) groups is 1. The van der Waals surface area contributed by atoms with Crippen LogP contribution < -0.4 is 0 Å². The zero-order chi connectivity index (χ0) is 17.7. The summed E-state index contributed by atoms with van der Waals surface area (Å²) < 4.78 is 4.01. The fraction of sp³-hybridized carbons (Fsp3) is 0.222. The first-order chi connectivity index (χ1) is 12.7. The number of nitrogens with zero attached hydrogens (tertiary/aromatic N) is 6. The highest BCUT2D eigenvalue weighted by Gasteiger charge is 2.25. The maximum atomic E-state index is 12.5. The molecule has 5 rings (SSSR count). The van der Waals surface area contributed by atoms with Crippen LogP contribution in [0.15, 0.2) is 42.7 Å². The zero-order valence-corrected chi connectivity index (χ0v) is 14.3. The van der Waals surface area contributed by atoms with E-state index in [0.29, 0.717) is 25.5 Å². The van der Waals surface area contributed by atoms with Gasteiger partial charge < -0.3 is 14.5 Å². The van der Waals surface area contributed by atoms with Gasteiger partial charge in [0.15, 0.2) is 11.6 Å². The average molecular weight is 347 g/mol. The molecule has 4 aromatic rings. The summed E-state index contributed by atoms with van der Waals surface area (Å²) in [7, 11) is 2.00. The Kier molecular flexibility index (Phi) is 3.18. The number of carbonyl (C=O) groups excluding carboxylic acids is 1. The number of H-pyrrole nitrogens is 1. The second-order valence-corrected chi connectivity index (χ2v) is 6.39. The van der Waals surface area contributed by atoms with Gasteiger partial charge in [0.25, 0.3) is 5.91 Å². The van der Waals surface area contributed by atoms with Crippen molar-refractivity contribution in [2.75, 3.05) is 6.54 Å². The molecule has 0 spiro atoms. The van der Waals surface area contributed by atoms with Crippen molar-refractivity contribution in [1.82, 2.24) is 34.2 Å². The largest absolute Gasteiger partial charge is 0.341 e. The summed E-state index contributed by atoms with van der Waals surface area (Å²) in [6.07, 6.45) is 3.25. The summed E-state index contributed by atoms with van der Waals surface area (Å²) in [6, 6.07) is 10.0. The molecule has 0 saturated heterocycles. The fourth-order valence-electron chi connectivity index (χ4n) is 3.46. The summed E-state index contributed by atoms with van der Waals surface area (Å²) in [5.74, 6) is 1.11. The molecule has 0 bridgehead atoms. The molecule has 1 amide bonds. The number of nitrogens with one attached hydrogen (secondary N) is 1. The minimum Gasteiger partial charge on any atom is -0.341 e. The SMILES string of the molecule is Cn1c(-c2cc3n(n2)CCN(C(=O)c2ncc[nH]2)C3)nc2ccccc21. The topological polar surface area (TPSA) is 84.6 Å². The highest BCUT2D eigenvalue weighted by Crippen LogP contribution is 2.25. The van der Waals surface area contributed by atoms with Gasteiger partial charge in [0.05, 0.1) is 29.8 Å². The van der Waals surface area contributed by atoms with Crippen molar-refractivity contribution in [2.45, 2.75) is 13.1 Å². The fourth-order valence-corrected chi connectivity index (χ4v) is 3.46. The molecule has 0 unspecified atom stereocenters. The predicted octanol–water partition coefficient (Wildman–Crippen LogP) is 1.82. The summed E-state index contributed by atoms with van der Waals surface area (Å²) in [6.45, 7) is 1.78. The van der Waals surface area contributed by atoms with Crippen molar-refractivity contribution in [3.8, 4) is 11.5 Å². The first-order valence-corrected chi connectivity index (χ1v) is 8.48. The lowest BCUT2D eigenvalue weighted by Gasteiger charge is -2.26. The number of rotatable bonds is 2. The molecule has 26 heavy (non-hydrogen) atoms. The Balaban J connectivity index is 1.48. The predicted molar refractivity (Wildman–Crippen MR) is 95.3 cm³/mol. The Labute approximate surface area is 149 Å². The number of hydrogen-bond acceptors (Lipinski definition) is 4. The van der Waals surface area contributed by atoms with Gasteiger partial charge in [-0.2, -0.15) is 5.10 Å². The van der Waals surface area contributed by atoms with E-state index in [0.717, 1.165) is 28.2 Å². The van der Waals surface area contributed by atoms with Gasteiger partial charge in [0.1, 0.15) is 5.69 Å². The number of amides is 1. The van der Waals surface area contributed by atoms with Crippen LogP contribution in [-0.2, 0) is 20.1 Å². The number of imidazole rings is 2. The number of aryl methyl sites for hydroxylation is 1. The normalized spacial score (nSPS) is 14.0. The van der Waals surface area contributed by atoms with E-state index in [1.54, 1.807) is 17.3 Å². The van der Waals surface area contributed by atoms with Crippen molar-refractivity contribution in [2.24, 2.45) is 7.05 Å². The van der Waals surface area contributed by atoms with E-state index in [-0.39, 0.29) is 5.91 Å². The van der Waals surface area contributed by atoms with E-state index in [1.807, 2.05) is 42.1 Å². The number of fused-ring (bicyclic) bond motifs is 2.